The summed E-state index contributed by atoms with van der Waals surface area (Å²) < 4.78 is 7.62. The van der Waals surface area contributed by atoms with Crippen molar-refractivity contribution in [2.75, 3.05) is 20.2 Å². The number of pyridine rings is 1. The molecule has 0 saturated carbocycles. The van der Waals surface area contributed by atoms with Gasteiger partial charge in [-0.15, -0.1) is 0 Å². The predicted octanol–water partition coefficient (Wildman–Crippen LogP) is 2.26. The molecule has 2 heterocycles. The highest BCUT2D eigenvalue weighted by Gasteiger charge is 2.16. The number of hydrogen-bond acceptors (Lipinski definition) is 1. The Kier molecular flexibility index (Phi) is 5.65. The molecule has 24 heavy (non-hydrogen) atoms. The molecule has 0 amide bonds. The van der Waals surface area contributed by atoms with E-state index >= 15 is 0 Å². The maximum atomic E-state index is 5.58. The lowest BCUT2D eigenvalue weighted by Gasteiger charge is -2.24. The average molecular weight is 324 g/mol. The van der Waals surface area contributed by atoms with Gasteiger partial charge < -0.3 is 9.64 Å². The van der Waals surface area contributed by atoms with Crippen LogP contribution in [0.15, 0.2) is 42.7 Å². The van der Waals surface area contributed by atoms with Crippen molar-refractivity contribution < 1.29 is 14.2 Å². The van der Waals surface area contributed by atoms with E-state index in [1.54, 1.807) is 12.0 Å². The number of nitrogens with zero attached hydrogens (tertiary/aromatic N) is 1. The largest absolute Gasteiger partial charge is 0.496 e. The summed E-state index contributed by atoms with van der Waals surface area (Å²) >= 11 is 0. The Morgan fingerprint density at radius 1 is 1.00 bits per heavy atom. The summed E-state index contributed by atoms with van der Waals surface area (Å²) in [5.41, 5.74) is 3.76. The average Bonchev–Trinajstić information content (AvgIpc) is 2.62. The molecule has 3 nitrogen and oxygen atoms in total. The van der Waals surface area contributed by atoms with Crippen molar-refractivity contribution in [3.8, 4) is 5.75 Å². The topological polar surface area (TPSA) is 17.6 Å². The normalized spacial score (nSPS) is 15.8. The molecular weight excluding hydrogens is 296 g/mol. The maximum Gasteiger partial charge on any atom is 0.169 e. The SMILES string of the molecule is COc1ccc(/C=C/c2cc[n+](C)cc2)cc1C[NH+]1CCCCC1. The molecule has 1 saturated heterocycles. The number of quaternary nitrogens is 1. The molecule has 3 heteroatoms. The molecular formula is C21H28N2O+2. The van der Waals surface area contributed by atoms with Gasteiger partial charge in [0.05, 0.1) is 20.2 Å². The molecule has 0 unspecified atom stereocenters. The van der Waals surface area contributed by atoms with Crippen LogP contribution < -0.4 is 14.2 Å². The molecule has 2 aromatic rings. The van der Waals surface area contributed by atoms with Gasteiger partial charge in [0, 0.05) is 17.7 Å². The van der Waals surface area contributed by atoms with Crippen LogP contribution >= 0.6 is 0 Å². The number of aromatic nitrogens is 1. The van der Waals surface area contributed by atoms with Crippen LogP contribution in [0.2, 0.25) is 0 Å². The second-order valence-corrected chi connectivity index (χ2v) is 6.69. The van der Waals surface area contributed by atoms with Crippen molar-refractivity contribution in [1.82, 2.24) is 0 Å². The Bertz CT molecular complexity index is 685. The minimum Gasteiger partial charge on any atom is -0.496 e. The van der Waals surface area contributed by atoms with Crippen molar-refractivity contribution in [2.45, 2.75) is 25.8 Å². The van der Waals surface area contributed by atoms with E-state index in [1.807, 2.05) is 11.6 Å². The van der Waals surface area contributed by atoms with Gasteiger partial charge in [-0.1, -0.05) is 18.2 Å². The monoisotopic (exact) mass is 324 g/mol. The molecule has 1 aliphatic heterocycles. The van der Waals surface area contributed by atoms with Gasteiger partial charge in [0.2, 0.25) is 0 Å². The van der Waals surface area contributed by atoms with Crippen molar-refractivity contribution in [2.24, 2.45) is 7.05 Å². The van der Waals surface area contributed by atoms with Gasteiger partial charge in [-0.2, -0.15) is 0 Å². The second-order valence-electron chi connectivity index (χ2n) is 6.69. The van der Waals surface area contributed by atoms with Crippen LogP contribution in [-0.2, 0) is 13.6 Å². The standard InChI is InChI=1S/C21H27N2O/c1-22-14-10-18(11-15-22)6-7-19-8-9-21(24-2)20(16-19)17-23-12-4-3-5-13-23/h6-11,14-16H,3-5,12-13,17H2,1-2H3/q+1/p+1/b7-6+. The molecule has 0 atom stereocenters. The summed E-state index contributed by atoms with van der Waals surface area (Å²) in [6, 6.07) is 10.8. The van der Waals surface area contributed by atoms with Crippen LogP contribution in [0.3, 0.4) is 0 Å². The third-order valence-electron chi connectivity index (χ3n) is 4.78. The first-order valence-corrected chi connectivity index (χ1v) is 8.88. The number of rotatable bonds is 5. The van der Waals surface area contributed by atoms with Crippen LogP contribution in [0.5, 0.6) is 5.75 Å². The van der Waals surface area contributed by atoms with E-state index in [2.05, 4.69) is 54.9 Å². The summed E-state index contributed by atoms with van der Waals surface area (Å²) in [6.45, 7) is 3.63. The molecule has 1 aromatic carbocycles. The van der Waals surface area contributed by atoms with Crippen LogP contribution in [0.4, 0.5) is 0 Å². The summed E-state index contributed by atoms with van der Waals surface area (Å²) in [7, 11) is 3.80. The Hall–Kier alpha value is -2.13. The molecule has 0 radical (unpaired) electrons. The molecule has 0 aliphatic carbocycles. The first-order valence-electron chi connectivity index (χ1n) is 8.88. The molecule has 0 bridgehead atoms. The Morgan fingerprint density at radius 2 is 1.71 bits per heavy atom. The van der Waals surface area contributed by atoms with Gasteiger partial charge in [-0.3, -0.25) is 0 Å². The van der Waals surface area contributed by atoms with Gasteiger partial charge >= 0.3 is 0 Å². The molecule has 1 fully saturated rings. The van der Waals surface area contributed by atoms with E-state index in [4.69, 9.17) is 4.74 Å². The molecule has 1 aromatic heterocycles. The van der Waals surface area contributed by atoms with E-state index in [9.17, 15) is 0 Å². The fraction of sp³-hybridized carbons (Fsp3) is 0.381. The quantitative estimate of drug-likeness (QED) is 0.835. The summed E-state index contributed by atoms with van der Waals surface area (Å²) in [6.07, 6.45) is 12.6. The Balaban J connectivity index is 1.76. The lowest BCUT2D eigenvalue weighted by Crippen LogP contribution is -3.11. The summed E-state index contributed by atoms with van der Waals surface area (Å²) in [4.78, 5) is 1.68. The summed E-state index contributed by atoms with van der Waals surface area (Å²) in [5, 5.41) is 0. The third-order valence-corrected chi connectivity index (χ3v) is 4.78. The van der Waals surface area contributed by atoms with Gasteiger partial charge in [0.15, 0.2) is 12.4 Å². The van der Waals surface area contributed by atoms with Crippen LogP contribution in [0.1, 0.15) is 36.0 Å². The first-order chi connectivity index (χ1) is 11.7. The minimum atomic E-state index is 1.01. The van der Waals surface area contributed by atoms with Gasteiger partial charge in [0.1, 0.15) is 19.3 Å². The lowest BCUT2D eigenvalue weighted by molar-refractivity contribution is -0.918. The Morgan fingerprint density at radius 3 is 2.42 bits per heavy atom. The van der Waals surface area contributed by atoms with Gasteiger partial charge in [-0.05, 0) is 42.5 Å². The number of likely N-dealkylation sites (tertiary alicyclic amines) is 1. The smallest absolute Gasteiger partial charge is 0.169 e. The lowest BCUT2D eigenvalue weighted by atomic mass is 10.1. The van der Waals surface area contributed by atoms with E-state index in [0.717, 1.165) is 12.3 Å². The highest BCUT2D eigenvalue weighted by molar-refractivity contribution is 5.70. The first kappa shape index (κ1) is 16.7. The zero-order chi connectivity index (χ0) is 16.8. The van der Waals surface area contributed by atoms with Crippen molar-refractivity contribution in [1.29, 1.82) is 0 Å². The molecule has 0 spiro atoms. The number of hydrogen-bond donors (Lipinski definition) is 1. The number of benzene rings is 1. The zero-order valence-electron chi connectivity index (χ0n) is 14.8. The van der Waals surface area contributed by atoms with Crippen molar-refractivity contribution in [3.63, 3.8) is 0 Å². The van der Waals surface area contributed by atoms with E-state index in [1.165, 1.54) is 49.0 Å². The maximum absolute atomic E-state index is 5.58. The highest BCUT2D eigenvalue weighted by atomic mass is 16.5. The number of piperidine rings is 1. The summed E-state index contributed by atoms with van der Waals surface area (Å²) in [5.74, 6) is 1.01. The van der Waals surface area contributed by atoms with Gasteiger partial charge in [0.25, 0.3) is 0 Å². The molecule has 1 aliphatic rings. The molecule has 126 valence electrons. The molecule has 1 N–H and O–H groups in total. The van der Waals surface area contributed by atoms with E-state index in [-0.39, 0.29) is 0 Å². The number of nitrogens with one attached hydrogen (secondary N) is 1. The van der Waals surface area contributed by atoms with Crippen LogP contribution in [0, 0.1) is 0 Å². The van der Waals surface area contributed by atoms with Crippen molar-refractivity contribution in [3.05, 3.63) is 59.4 Å². The highest BCUT2D eigenvalue weighted by Crippen LogP contribution is 2.20. The second kappa shape index (κ2) is 8.11. The number of methoxy groups -OCH3 is 1. The predicted molar refractivity (Wildman–Crippen MR) is 97.8 cm³/mol. The molecule has 3 rings (SSSR count). The van der Waals surface area contributed by atoms with Crippen LogP contribution in [0.25, 0.3) is 12.2 Å². The van der Waals surface area contributed by atoms with Gasteiger partial charge in [-0.25, -0.2) is 4.57 Å². The fourth-order valence-electron chi connectivity index (χ4n) is 3.35. The van der Waals surface area contributed by atoms with E-state index < -0.39 is 0 Å². The fourth-order valence-corrected chi connectivity index (χ4v) is 3.35. The number of aryl methyl sites for hydroxylation is 1. The number of ether oxygens (including phenoxy) is 1. The minimum absolute atomic E-state index is 1.01. The third kappa shape index (κ3) is 4.45. The Labute approximate surface area is 145 Å². The van der Waals surface area contributed by atoms with Crippen molar-refractivity contribution >= 4 is 12.2 Å². The zero-order valence-corrected chi connectivity index (χ0v) is 14.8. The van der Waals surface area contributed by atoms with E-state index in [0.29, 0.717) is 0 Å². The van der Waals surface area contributed by atoms with Crippen LogP contribution in [-0.4, -0.2) is 20.2 Å².